The van der Waals surface area contributed by atoms with E-state index >= 15 is 0 Å². The van der Waals surface area contributed by atoms with Crippen molar-refractivity contribution in [3.05, 3.63) is 35.9 Å². The highest BCUT2D eigenvalue weighted by atomic mass is 16.4. The van der Waals surface area contributed by atoms with E-state index < -0.39 is 72.7 Å². The zero-order valence-electron chi connectivity index (χ0n) is 19.0. The Bertz CT molecular complexity index is 825. The van der Waals surface area contributed by atoms with Crippen LogP contribution in [0.15, 0.2) is 30.3 Å². The van der Waals surface area contributed by atoms with Crippen molar-refractivity contribution in [2.45, 2.75) is 56.3 Å². The van der Waals surface area contributed by atoms with Crippen LogP contribution in [0.2, 0.25) is 0 Å². The molecule has 15 heteroatoms. The second kappa shape index (κ2) is 15.8. The van der Waals surface area contributed by atoms with Gasteiger partial charge in [-0.25, -0.2) is 9.59 Å². The number of aliphatic carboxylic acids is 6. The quantitative estimate of drug-likeness (QED) is 0.170. The first-order chi connectivity index (χ1) is 16.4. The maximum atomic E-state index is 10.3. The fourth-order valence-electron chi connectivity index (χ4n) is 2.34. The molecule has 0 heterocycles. The van der Waals surface area contributed by atoms with Gasteiger partial charge in [0.05, 0.1) is 31.8 Å². The lowest BCUT2D eigenvalue weighted by Gasteiger charge is -2.18. The van der Waals surface area contributed by atoms with Gasteiger partial charge in [-0.05, 0) is 12.0 Å². The number of carboxylic acids is 6. The number of hydrogen-bond acceptors (Lipinski definition) is 9. The van der Waals surface area contributed by atoms with Gasteiger partial charge in [0, 0.05) is 0 Å². The van der Waals surface area contributed by atoms with Crippen LogP contribution < -0.4 is 0 Å². The van der Waals surface area contributed by atoms with Gasteiger partial charge in [-0.2, -0.15) is 0 Å². The van der Waals surface area contributed by atoms with Crippen molar-refractivity contribution >= 4 is 35.8 Å². The first-order valence-corrected chi connectivity index (χ1v) is 9.91. The number of aliphatic hydroxyl groups is 3. The van der Waals surface area contributed by atoms with Crippen LogP contribution in [0, 0.1) is 0 Å². The van der Waals surface area contributed by atoms with Crippen molar-refractivity contribution < 1.29 is 74.7 Å². The molecular weight excluding hydrogens is 492 g/mol. The smallest absolute Gasteiger partial charge is 0.336 e. The molecule has 1 unspecified atom stereocenters. The molecule has 1 rings (SSSR count). The van der Waals surface area contributed by atoms with E-state index in [-0.39, 0.29) is 6.10 Å². The monoisotopic (exact) mass is 520 g/mol. The Kier molecular flexibility index (Phi) is 14.9. The lowest BCUT2D eigenvalue weighted by Crippen LogP contribution is -2.42. The summed E-state index contributed by atoms with van der Waals surface area (Å²) in [5.74, 6) is -10.0. The molecule has 202 valence electrons. The van der Waals surface area contributed by atoms with Gasteiger partial charge in [0.25, 0.3) is 0 Å². The first-order valence-electron chi connectivity index (χ1n) is 9.91. The van der Waals surface area contributed by atoms with Crippen molar-refractivity contribution in [3.8, 4) is 0 Å². The molecule has 0 bridgehead atoms. The van der Waals surface area contributed by atoms with Gasteiger partial charge < -0.3 is 46.0 Å². The van der Waals surface area contributed by atoms with Crippen LogP contribution in [0.3, 0.4) is 0 Å². The lowest BCUT2D eigenvalue weighted by atomic mass is 9.96. The third kappa shape index (κ3) is 14.2. The molecule has 0 saturated carbocycles. The predicted octanol–water partition coefficient (Wildman–Crippen LogP) is -0.367. The second-order valence-corrected chi connectivity index (χ2v) is 7.29. The van der Waals surface area contributed by atoms with E-state index in [0.29, 0.717) is 0 Å². The molecule has 0 aliphatic rings. The van der Waals surface area contributed by atoms with Crippen molar-refractivity contribution in [1.29, 1.82) is 0 Å². The summed E-state index contributed by atoms with van der Waals surface area (Å²) in [6, 6.07) is 9.70. The minimum absolute atomic E-state index is 0.291. The molecule has 1 aromatic rings. The second-order valence-electron chi connectivity index (χ2n) is 7.29. The molecule has 36 heavy (non-hydrogen) atoms. The maximum Gasteiger partial charge on any atom is 0.336 e. The predicted molar refractivity (Wildman–Crippen MR) is 116 cm³/mol. The zero-order valence-corrected chi connectivity index (χ0v) is 19.0. The standard InChI is InChI=1S/C9H12O.2C6H8O7/c1-2-9(10)8-6-4-3-5-7-8;2*7-3(8)1-6(13,5(11)12)2-4(9)10/h3-7,9-10H,2H2,1H3;2*13H,1-2H2,(H,7,8)(H,9,10)(H,11,12). The molecule has 15 nitrogen and oxygen atoms in total. The fraction of sp³-hybridized carbons (Fsp3) is 0.429. The Morgan fingerprint density at radius 3 is 1.11 bits per heavy atom. The van der Waals surface area contributed by atoms with E-state index in [1.807, 2.05) is 37.3 Å². The molecule has 0 aliphatic carbocycles. The topological polar surface area (TPSA) is 284 Å². The fourth-order valence-corrected chi connectivity index (χ4v) is 2.34. The highest BCUT2D eigenvalue weighted by molar-refractivity contribution is 5.88. The van der Waals surface area contributed by atoms with Crippen LogP contribution in [-0.2, 0) is 28.8 Å². The van der Waals surface area contributed by atoms with E-state index in [1.54, 1.807) is 0 Å². The number of hydrogen-bond donors (Lipinski definition) is 9. The summed E-state index contributed by atoms with van der Waals surface area (Å²) in [4.78, 5) is 61.0. The molecule has 0 radical (unpaired) electrons. The summed E-state index contributed by atoms with van der Waals surface area (Å²) in [6.45, 7) is 1.97. The summed E-state index contributed by atoms with van der Waals surface area (Å²) in [5, 5.41) is 77.0. The van der Waals surface area contributed by atoms with Gasteiger partial charge in [0.1, 0.15) is 0 Å². The minimum Gasteiger partial charge on any atom is -0.481 e. The van der Waals surface area contributed by atoms with Crippen LogP contribution in [0.25, 0.3) is 0 Å². The molecule has 9 N–H and O–H groups in total. The number of carbonyl (C=O) groups is 6. The minimum atomic E-state index is -2.74. The number of benzene rings is 1. The Morgan fingerprint density at radius 2 is 0.917 bits per heavy atom. The Labute approximate surface area is 203 Å². The Hall–Kier alpha value is -4.08. The summed E-state index contributed by atoms with van der Waals surface area (Å²) in [6.07, 6.45) is -4.09. The Morgan fingerprint density at radius 1 is 0.639 bits per heavy atom. The van der Waals surface area contributed by atoms with Gasteiger partial charge in [-0.3, -0.25) is 19.2 Å². The molecule has 0 saturated heterocycles. The molecule has 0 aliphatic heterocycles. The van der Waals surface area contributed by atoms with Crippen LogP contribution in [-0.4, -0.2) is 93.0 Å². The van der Waals surface area contributed by atoms with E-state index in [2.05, 4.69) is 0 Å². The van der Waals surface area contributed by atoms with Crippen LogP contribution in [0.1, 0.15) is 50.7 Å². The maximum absolute atomic E-state index is 10.3. The van der Waals surface area contributed by atoms with Gasteiger partial charge in [0.2, 0.25) is 0 Å². The molecule has 0 spiro atoms. The normalized spacial score (nSPS) is 11.4. The van der Waals surface area contributed by atoms with Gasteiger partial charge in [-0.15, -0.1) is 0 Å². The van der Waals surface area contributed by atoms with E-state index in [0.717, 1.165) is 12.0 Å². The molecule has 1 aromatic carbocycles. The summed E-state index contributed by atoms with van der Waals surface area (Å²) < 4.78 is 0. The highest BCUT2D eigenvalue weighted by Gasteiger charge is 2.41. The van der Waals surface area contributed by atoms with Gasteiger partial charge >= 0.3 is 35.8 Å². The van der Waals surface area contributed by atoms with Crippen LogP contribution in [0.5, 0.6) is 0 Å². The number of aliphatic hydroxyl groups excluding tert-OH is 1. The van der Waals surface area contributed by atoms with Crippen LogP contribution >= 0.6 is 0 Å². The van der Waals surface area contributed by atoms with Gasteiger partial charge in [-0.1, -0.05) is 37.3 Å². The van der Waals surface area contributed by atoms with Crippen molar-refractivity contribution in [2.75, 3.05) is 0 Å². The number of carboxylic acid groups (broad SMARTS) is 6. The van der Waals surface area contributed by atoms with Gasteiger partial charge in [0.15, 0.2) is 11.2 Å². The van der Waals surface area contributed by atoms with Crippen molar-refractivity contribution in [1.82, 2.24) is 0 Å². The molecule has 1 atom stereocenters. The summed E-state index contributed by atoms with van der Waals surface area (Å²) >= 11 is 0. The average molecular weight is 520 g/mol. The third-order valence-electron chi connectivity index (χ3n) is 4.14. The molecule has 0 amide bonds. The molecule has 0 aromatic heterocycles. The largest absolute Gasteiger partial charge is 0.481 e. The first kappa shape index (κ1) is 34.1. The van der Waals surface area contributed by atoms with Crippen LogP contribution in [0.4, 0.5) is 0 Å². The third-order valence-corrected chi connectivity index (χ3v) is 4.14. The average Bonchev–Trinajstić information content (AvgIpc) is 2.72. The highest BCUT2D eigenvalue weighted by Crippen LogP contribution is 2.17. The van der Waals surface area contributed by atoms with E-state index in [4.69, 9.17) is 40.9 Å². The summed E-state index contributed by atoms with van der Waals surface area (Å²) in [5.41, 5.74) is -4.47. The SMILES string of the molecule is CCC(O)c1ccccc1.O=C(O)CC(O)(CC(=O)O)C(=O)O.O=C(O)CC(O)(CC(=O)O)C(=O)O. The number of rotatable bonds is 12. The molecule has 0 fully saturated rings. The lowest BCUT2D eigenvalue weighted by molar-refractivity contribution is -0.170. The molecular formula is C21H28O15. The summed E-state index contributed by atoms with van der Waals surface area (Å²) in [7, 11) is 0. The zero-order chi connectivity index (χ0) is 28.7. The van der Waals surface area contributed by atoms with Crippen molar-refractivity contribution in [3.63, 3.8) is 0 Å². The van der Waals surface area contributed by atoms with E-state index in [1.165, 1.54) is 0 Å². The van der Waals surface area contributed by atoms with Crippen molar-refractivity contribution in [2.24, 2.45) is 0 Å². The Balaban J connectivity index is 0. The van der Waals surface area contributed by atoms with E-state index in [9.17, 15) is 33.9 Å².